The maximum atomic E-state index is 14.6. The highest BCUT2D eigenvalue weighted by atomic mass is 16.5. The first-order chi connectivity index (χ1) is 69.1. The van der Waals surface area contributed by atoms with Crippen molar-refractivity contribution >= 4 is 148 Å². The quantitative estimate of drug-likeness (QED) is 0.0251. The van der Waals surface area contributed by atoms with Gasteiger partial charge in [-0.3, -0.25) is 115 Å². The molecule has 0 aromatic heterocycles. The van der Waals surface area contributed by atoms with E-state index in [0.29, 0.717) is 6.42 Å². The van der Waals surface area contributed by atoms with E-state index >= 15 is 0 Å². The molecule has 0 aliphatic carbocycles. The van der Waals surface area contributed by atoms with Crippen molar-refractivity contribution in [2.75, 3.05) is 85.5 Å². The van der Waals surface area contributed by atoms with E-state index in [1.807, 2.05) is 31.9 Å². The number of aliphatic hydroxyl groups is 11. The van der Waals surface area contributed by atoms with Gasteiger partial charge in [0, 0.05) is 32.9 Å². The molecule has 0 saturated carbocycles. The van der Waals surface area contributed by atoms with Crippen LogP contribution in [0.5, 0.6) is 0 Å². The number of likely N-dealkylation sites (tertiary alicyclic amines) is 2. The third-order valence-corrected chi connectivity index (χ3v) is 22.6. The Hall–Kier alpha value is -13.8. The van der Waals surface area contributed by atoms with Gasteiger partial charge in [-0.2, -0.15) is 0 Å². The Bertz CT molecular complexity index is 4610. The van der Waals surface area contributed by atoms with Crippen LogP contribution in [0.2, 0.25) is 0 Å². The molecule has 40 N–H and O–H groups in total. The van der Waals surface area contributed by atoms with Crippen molar-refractivity contribution in [1.82, 2.24) is 111 Å². The maximum absolute atomic E-state index is 14.6. The van der Waals surface area contributed by atoms with Crippen LogP contribution in [0, 0.1) is 5.92 Å². The van der Waals surface area contributed by atoms with Gasteiger partial charge in [0.25, 0.3) is 0 Å². The Morgan fingerprint density at radius 2 is 0.755 bits per heavy atom. The van der Waals surface area contributed by atoms with E-state index in [-0.39, 0.29) is 70.5 Å². The lowest BCUT2D eigenvalue weighted by molar-refractivity contribution is -0.203. The topological polar surface area (TPSA) is 1040 Å². The van der Waals surface area contributed by atoms with Crippen molar-refractivity contribution in [3.63, 3.8) is 0 Å². The van der Waals surface area contributed by atoms with Gasteiger partial charge in [-0.15, -0.1) is 0 Å². The third-order valence-electron chi connectivity index (χ3n) is 22.6. The monoisotopic (exact) mass is 2110 g/mol. The van der Waals surface area contributed by atoms with Crippen LogP contribution >= 0.6 is 0 Å². The fraction of sp³-hybridized carbons (Fsp3) is 0.699. The molecule has 0 spiro atoms. The number of amides is 23. The van der Waals surface area contributed by atoms with Crippen LogP contribution in [-0.2, 0) is 125 Å². The van der Waals surface area contributed by atoms with E-state index in [1.54, 1.807) is 13.8 Å². The minimum Gasteiger partial charge on any atom is -0.481 e. The number of nitrogens with zero attached hydrogens (tertiary/aromatic N) is 2. The zero-order valence-corrected chi connectivity index (χ0v) is 81.2. The number of aliphatic hydroxyl groups excluding tert-OH is 11. The largest absolute Gasteiger partial charge is 0.481 e. The van der Waals surface area contributed by atoms with Gasteiger partial charge in [0.05, 0.1) is 97.0 Å². The first-order valence-electron chi connectivity index (χ1n) is 46.4. The summed E-state index contributed by atoms with van der Waals surface area (Å²) in [5.41, 5.74) is 21.7. The zero-order chi connectivity index (χ0) is 111. The predicted octanol–water partition coefficient (Wildman–Crippen LogP) is -22.1. The highest BCUT2D eigenvalue weighted by Gasteiger charge is 2.48. The summed E-state index contributed by atoms with van der Waals surface area (Å²) in [4.78, 5) is 336. The summed E-state index contributed by atoms with van der Waals surface area (Å²) in [6.07, 6.45) is -17.6. The first kappa shape index (κ1) is 127. The highest BCUT2D eigenvalue weighted by Crippen LogP contribution is 2.25. The number of carbonyl (C=O) groups excluding carboxylic acids is 23. The molecule has 3 aliphatic rings. The fourth-order valence-electron chi connectivity index (χ4n) is 14.8. The summed E-state index contributed by atoms with van der Waals surface area (Å²) >= 11 is 0. The molecule has 3 fully saturated rings. The number of rotatable bonds is 64. The second-order valence-corrected chi connectivity index (χ2v) is 34.9. The summed E-state index contributed by atoms with van der Waals surface area (Å²) in [5, 5.41) is 174. The lowest BCUT2D eigenvalue weighted by Gasteiger charge is -2.42. The molecule has 828 valence electrons. The lowest BCUT2D eigenvalue weighted by Crippen LogP contribution is -2.68. The normalized spacial score (nSPS) is 19.8. The molecule has 0 bridgehead atoms. The van der Waals surface area contributed by atoms with Crippen LogP contribution in [-0.4, -0.2) is 455 Å². The van der Waals surface area contributed by atoms with Gasteiger partial charge in [0.1, 0.15) is 121 Å². The number of carboxylic acids is 2. The number of ether oxygens (including phenoxy) is 1. The van der Waals surface area contributed by atoms with E-state index in [0.717, 1.165) is 37.5 Å². The first-order valence-corrected chi connectivity index (χ1v) is 46.4. The summed E-state index contributed by atoms with van der Waals surface area (Å²) in [5.74, 6) is -31.8. The molecule has 147 heavy (non-hydrogen) atoms. The molecule has 3 rings (SSSR count). The molecule has 3 saturated heterocycles. The van der Waals surface area contributed by atoms with Gasteiger partial charge < -0.3 is 205 Å². The second-order valence-electron chi connectivity index (χ2n) is 34.9. The maximum Gasteiger partial charge on any atom is 0.328 e. The fourth-order valence-corrected chi connectivity index (χ4v) is 14.8. The van der Waals surface area contributed by atoms with Crippen LogP contribution in [0.4, 0.5) is 0 Å². The molecule has 0 aromatic carbocycles. The molecule has 23 amide bonds. The van der Waals surface area contributed by atoms with E-state index in [9.17, 15) is 176 Å². The van der Waals surface area contributed by atoms with E-state index in [4.69, 9.17) is 37.9 Å². The Balaban J connectivity index is 1.80. The van der Waals surface area contributed by atoms with Gasteiger partial charge >= 0.3 is 11.9 Å². The van der Waals surface area contributed by atoms with Crippen molar-refractivity contribution < 1.29 is 191 Å². The average Bonchev–Trinajstić information content (AvgIpc) is 1.78. The van der Waals surface area contributed by atoms with Crippen LogP contribution in [0.3, 0.4) is 0 Å². The van der Waals surface area contributed by atoms with Crippen molar-refractivity contribution in [1.29, 1.82) is 0 Å². The zero-order valence-electron chi connectivity index (χ0n) is 81.2. The molecule has 0 unspecified atom stereocenters. The predicted molar refractivity (Wildman–Crippen MR) is 492 cm³/mol. The number of primary amides is 2. The Morgan fingerprint density at radius 1 is 0.381 bits per heavy atom. The second kappa shape index (κ2) is 63.6. The van der Waals surface area contributed by atoms with Gasteiger partial charge in [0.2, 0.25) is 136 Å². The Morgan fingerprint density at radius 3 is 1.19 bits per heavy atom. The summed E-state index contributed by atoms with van der Waals surface area (Å²) in [7, 11) is 0. The molecule has 64 heteroatoms. The number of aliphatic carboxylic acids is 2. The van der Waals surface area contributed by atoms with Crippen molar-refractivity contribution in [2.24, 2.45) is 28.9 Å². The SMILES string of the molecule is CC(=O)N[C@@H]1[C@@H](O)[C@H](O)[C@@H](CO)O[C@H]1NC(=O)CNC(=O)C[C@H](NC(=O)[C@H](CCC(N)=O)NC(=O)CN)C(=O)N[C@@H](CC(=O)O)C(=O)N[C@H](C(=O)N[C@@H](CO)C(=O)N[C@@H](CCC(N)=O)C(=O)N[C@H](C(=O)N[C@@H](CO)C(=O)N[C@@H](CO)C(=O)N1CCC[C@H]1C(=O)N[C@@H](CO)C(=O)N[C@@H](CC(C)C)C(=O)N1CCC[C@H]1C(=O)N[C@@H](CCCCN)C(=O)N[C@H](C(=O)NCC(=O)NCC(=O)N[C@@H](CO)C(=O)O)[C@@H](C)O)[C@@H](C)O)[C@@H](C)O. The lowest BCUT2D eigenvalue weighted by atomic mass is 9.96. The summed E-state index contributed by atoms with van der Waals surface area (Å²) in [6.45, 7) is -3.47. The molecule has 3 heterocycles. The third kappa shape index (κ3) is 42.3. The Kier molecular flexibility index (Phi) is 55.1. The smallest absolute Gasteiger partial charge is 0.328 e. The number of nitrogens with two attached hydrogens (primary N) is 4. The van der Waals surface area contributed by atoms with Gasteiger partial charge in [-0.25, -0.2) is 4.79 Å². The minimum absolute atomic E-state index is 0.0153. The van der Waals surface area contributed by atoms with Crippen LogP contribution in [0.25, 0.3) is 0 Å². The molecular formula is C83H137N25O39. The van der Waals surface area contributed by atoms with E-state index < -0.39 is 398 Å². The number of hydrogen-bond acceptors (Lipinski definition) is 39. The van der Waals surface area contributed by atoms with Crippen molar-refractivity contribution in [3.05, 3.63) is 0 Å². The van der Waals surface area contributed by atoms with Crippen LogP contribution < -0.4 is 124 Å². The number of carbonyl (C=O) groups is 25. The molecule has 0 radical (unpaired) electrons. The van der Waals surface area contributed by atoms with Gasteiger partial charge in [-0.05, 0) is 97.4 Å². The molecular weight excluding hydrogens is 1970 g/mol. The number of unbranched alkanes of at least 4 members (excludes halogenated alkanes) is 1. The van der Waals surface area contributed by atoms with Crippen LogP contribution in [0.15, 0.2) is 0 Å². The highest BCUT2D eigenvalue weighted by molar-refractivity contribution is 6.03. The number of nitrogens with one attached hydrogen (secondary N) is 19. The minimum atomic E-state index is -2.41. The van der Waals surface area contributed by atoms with E-state index in [2.05, 4.69) is 69.1 Å². The standard InChI is InChI=1S/C83H137N25O39/c1-34(2)21-44(81(143)107-19-9-12-50(107)75(138)95-39(11-7-8-18-84)68(131)104-61(35(3)115)77(140)90-25-57(123)89-26-58(124)93-49(32-113)83(145)146)98-73(136)45(28-109)99-76(139)51-13-10-20-108(51)82(144)48(31-112)102-74(137)47(30-111)101-78(141)62(36(4)116)105-69(132)41(15-17-54(87)120)94-72(135)46(29-110)100-79(142)63(37(5)117)106-71(134)43(23-60(126)127)97-70(133)42(96-67(130)40(14-16-53(86)119)92-56(122)24-85)22-55(121)88-27-59(125)103-80-64(91-38(6)118)66(129)65(128)52(33-114)147-80/h34-37,39-52,61-66,80,109-117,128-129H,7-33,84-85H2,1-6H3,(H2,86,119)(H2,87,120)(H,88,121)(H,89,123)(H,90,140)(H,91,118)(H,92,122)(H,93,124)(H,94,135)(H,95,138)(H,96,130)(H,97,133)(H,98,136)(H,99,139)(H,100,142)(H,101,141)(H,102,137)(H,103,125)(H,104,131)(H,105,132)(H,106,134)(H,126,127)(H,145,146)/t35-,36-,37-,39+,40+,41+,42+,43+,44+,45+,46+,47+,48+,49+,50+,51+,52-,61+,62+,63+,64-,65-,66-,80-/m1/s1. The van der Waals surface area contributed by atoms with Crippen LogP contribution in [0.1, 0.15) is 131 Å². The van der Waals surface area contributed by atoms with Crippen molar-refractivity contribution in [2.45, 2.75) is 277 Å². The number of hydrogen-bond donors (Lipinski definition) is 36. The summed E-state index contributed by atoms with van der Waals surface area (Å²) in [6, 6.07) is -32.2. The average molecular weight is 2110 g/mol. The molecule has 24 atom stereocenters. The van der Waals surface area contributed by atoms with Gasteiger partial charge in [0.15, 0.2) is 6.23 Å². The molecule has 64 nitrogen and oxygen atoms in total. The Labute approximate surface area is 837 Å². The van der Waals surface area contributed by atoms with E-state index in [1.165, 1.54) is 0 Å². The molecule has 0 aromatic rings. The number of carboxylic acid groups (broad SMARTS) is 2. The van der Waals surface area contributed by atoms with Gasteiger partial charge in [-0.1, -0.05) is 13.8 Å². The molecule has 3 aliphatic heterocycles. The summed E-state index contributed by atoms with van der Waals surface area (Å²) < 4.78 is 5.43. The van der Waals surface area contributed by atoms with Crippen molar-refractivity contribution in [3.8, 4) is 0 Å².